The number of hydrogen-bond acceptors (Lipinski definition) is 3. The Labute approximate surface area is 119 Å². The molecule has 0 spiro atoms. The molecule has 1 unspecified atom stereocenters. The van der Waals surface area contributed by atoms with Crippen LogP contribution in [-0.4, -0.2) is 62.0 Å². The molecule has 0 saturated heterocycles. The van der Waals surface area contributed by atoms with Gasteiger partial charge in [-0.3, -0.25) is 9.69 Å². The molecule has 1 amide bonds. The number of amides is 1. The Hall–Kier alpha value is -0.610. The highest BCUT2D eigenvalue weighted by Gasteiger charge is 2.30. The van der Waals surface area contributed by atoms with Gasteiger partial charge in [0.1, 0.15) is 0 Å². The van der Waals surface area contributed by atoms with Crippen molar-refractivity contribution in [3.63, 3.8) is 0 Å². The summed E-state index contributed by atoms with van der Waals surface area (Å²) in [4.78, 5) is 16.7. The van der Waals surface area contributed by atoms with E-state index in [2.05, 4.69) is 58.9 Å². The molecule has 0 heterocycles. The summed E-state index contributed by atoms with van der Waals surface area (Å²) in [6.45, 7) is 10.6. The van der Waals surface area contributed by atoms with Crippen molar-refractivity contribution in [3.05, 3.63) is 0 Å². The first-order valence-corrected chi connectivity index (χ1v) is 7.22. The highest BCUT2D eigenvalue weighted by atomic mass is 16.2. The summed E-state index contributed by atoms with van der Waals surface area (Å²) in [6.07, 6.45) is 0. The van der Waals surface area contributed by atoms with Gasteiger partial charge in [0.2, 0.25) is 5.91 Å². The van der Waals surface area contributed by atoms with Gasteiger partial charge in [0, 0.05) is 12.1 Å². The van der Waals surface area contributed by atoms with E-state index in [1.807, 2.05) is 19.0 Å². The third-order valence-corrected chi connectivity index (χ3v) is 3.82. The fourth-order valence-electron chi connectivity index (χ4n) is 2.55. The lowest BCUT2D eigenvalue weighted by Crippen LogP contribution is -2.56. The van der Waals surface area contributed by atoms with Crippen LogP contribution in [0.25, 0.3) is 0 Å². The Morgan fingerprint density at radius 2 is 1.32 bits per heavy atom. The monoisotopic (exact) mass is 271 g/mol. The topological polar surface area (TPSA) is 35.6 Å². The molecule has 114 valence electrons. The van der Waals surface area contributed by atoms with E-state index in [4.69, 9.17) is 0 Å². The number of nitrogens with one attached hydrogen (secondary N) is 1. The van der Waals surface area contributed by atoms with Crippen molar-refractivity contribution in [1.82, 2.24) is 15.1 Å². The first-order chi connectivity index (χ1) is 8.59. The summed E-state index contributed by atoms with van der Waals surface area (Å²) < 4.78 is 0. The van der Waals surface area contributed by atoms with E-state index in [0.29, 0.717) is 17.9 Å². The van der Waals surface area contributed by atoms with Gasteiger partial charge in [0.25, 0.3) is 0 Å². The minimum Gasteiger partial charge on any atom is -0.350 e. The molecule has 0 aromatic rings. The predicted octanol–water partition coefficient (Wildman–Crippen LogP) is 1.66. The molecule has 0 aromatic heterocycles. The Balaban J connectivity index is 4.89. The van der Waals surface area contributed by atoms with Crippen LogP contribution in [0.3, 0.4) is 0 Å². The van der Waals surface area contributed by atoms with Crippen molar-refractivity contribution < 1.29 is 4.79 Å². The summed E-state index contributed by atoms with van der Waals surface area (Å²) in [5.41, 5.74) is 0. The van der Waals surface area contributed by atoms with Gasteiger partial charge in [0.05, 0.1) is 6.04 Å². The fourth-order valence-corrected chi connectivity index (χ4v) is 2.55. The second-order valence-corrected chi connectivity index (χ2v) is 6.64. The summed E-state index contributed by atoms with van der Waals surface area (Å²) in [5.74, 6) is 0.848. The lowest BCUT2D eigenvalue weighted by molar-refractivity contribution is -0.128. The standard InChI is InChI=1S/C15H33N3O/c1-10(2)13(12(5)17(6)7)16-15(19)14(11(3)4)18(8)9/h10-14H,1-9H3,(H,16,19)/t12?,13-,14-/m0/s1. The van der Waals surface area contributed by atoms with Crippen LogP contribution >= 0.6 is 0 Å². The predicted molar refractivity (Wildman–Crippen MR) is 82.2 cm³/mol. The highest BCUT2D eigenvalue weighted by Crippen LogP contribution is 2.13. The van der Waals surface area contributed by atoms with Gasteiger partial charge in [-0.25, -0.2) is 0 Å². The molecule has 0 rings (SSSR count). The quantitative estimate of drug-likeness (QED) is 0.765. The SMILES string of the molecule is CC(C)[C@H](NC(=O)[C@H](C(C)C)N(C)C)C(C)N(C)C. The molecular formula is C15H33N3O. The molecular weight excluding hydrogens is 238 g/mol. The minimum atomic E-state index is -0.0735. The van der Waals surface area contributed by atoms with E-state index in [0.717, 1.165) is 0 Å². The van der Waals surface area contributed by atoms with Crippen LogP contribution in [0.5, 0.6) is 0 Å². The van der Waals surface area contributed by atoms with Crippen molar-refractivity contribution in [2.45, 2.75) is 52.7 Å². The first-order valence-electron chi connectivity index (χ1n) is 7.22. The average Bonchev–Trinajstić information content (AvgIpc) is 2.23. The molecule has 0 fully saturated rings. The smallest absolute Gasteiger partial charge is 0.237 e. The largest absolute Gasteiger partial charge is 0.350 e. The Bertz CT molecular complexity index is 267. The van der Waals surface area contributed by atoms with Gasteiger partial charge in [-0.05, 0) is 47.0 Å². The van der Waals surface area contributed by atoms with Crippen molar-refractivity contribution in [2.75, 3.05) is 28.2 Å². The molecule has 0 aliphatic rings. The molecule has 4 nitrogen and oxygen atoms in total. The van der Waals surface area contributed by atoms with Gasteiger partial charge in [-0.1, -0.05) is 27.7 Å². The third-order valence-electron chi connectivity index (χ3n) is 3.82. The highest BCUT2D eigenvalue weighted by molar-refractivity contribution is 5.82. The van der Waals surface area contributed by atoms with Crippen LogP contribution in [0.1, 0.15) is 34.6 Å². The molecule has 0 aliphatic carbocycles. The van der Waals surface area contributed by atoms with Crippen LogP contribution in [0.15, 0.2) is 0 Å². The summed E-state index contributed by atoms with van der Waals surface area (Å²) >= 11 is 0. The second-order valence-electron chi connectivity index (χ2n) is 6.64. The maximum Gasteiger partial charge on any atom is 0.237 e. The van der Waals surface area contributed by atoms with Crippen molar-refractivity contribution >= 4 is 5.91 Å². The minimum absolute atomic E-state index is 0.0735. The van der Waals surface area contributed by atoms with Crippen LogP contribution < -0.4 is 5.32 Å². The number of likely N-dealkylation sites (N-methyl/N-ethyl adjacent to an activating group) is 2. The summed E-state index contributed by atoms with van der Waals surface area (Å²) in [6, 6.07) is 0.415. The van der Waals surface area contributed by atoms with Crippen molar-refractivity contribution in [2.24, 2.45) is 11.8 Å². The Morgan fingerprint density at radius 1 is 0.842 bits per heavy atom. The lowest BCUT2D eigenvalue weighted by Gasteiger charge is -2.35. The Kier molecular flexibility index (Phi) is 7.60. The maximum absolute atomic E-state index is 12.5. The van der Waals surface area contributed by atoms with E-state index >= 15 is 0 Å². The molecule has 0 radical (unpaired) electrons. The zero-order valence-electron chi connectivity index (χ0n) is 14.2. The van der Waals surface area contributed by atoms with E-state index in [1.54, 1.807) is 0 Å². The van der Waals surface area contributed by atoms with Gasteiger partial charge >= 0.3 is 0 Å². The number of rotatable bonds is 7. The maximum atomic E-state index is 12.5. The Morgan fingerprint density at radius 3 is 1.58 bits per heavy atom. The molecule has 4 heteroatoms. The van der Waals surface area contributed by atoms with Crippen molar-refractivity contribution in [1.29, 1.82) is 0 Å². The second kappa shape index (κ2) is 7.85. The number of nitrogens with zero attached hydrogens (tertiary/aromatic N) is 2. The molecule has 3 atom stereocenters. The zero-order chi connectivity index (χ0) is 15.3. The van der Waals surface area contributed by atoms with Gasteiger partial charge in [0.15, 0.2) is 0 Å². The molecule has 0 aliphatic heterocycles. The molecule has 0 aromatic carbocycles. The number of carbonyl (C=O) groups excluding carboxylic acids is 1. The van der Waals surface area contributed by atoms with E-state index in [-0.39, 0.29) is 18.0 Å². The normalized spacial score (nSPS) is 17.1. The average molecular weight is 271 g/mol. The van der Waals surface area contributed by atoms with E-state index in [9.17, 15) is 4.79 Å². The third kappa shape index (κ3) is 5.49. The fraction of sp³-hybridized carbons (Fsp3) is 0.933. The first kappa shape index (κ1) is 18.4. The van der Waals surface area contributed by atoms with E-state index < -0.39 is 0 Å². The van der Waals surface area contributed by atoms with Crippen molar-refractivity contribution in [3.8, 4) is 0 Å². The number of carbonyl (C=O) groups is 1. The van der Waals surface area contributed by atoms with Crippen LogP contribution in [-0.2, 0) is 4.79 Å². The summed E-state index contributed by atoms with van der Waals surface area (Å²) in [7, 11) is 8.03. The molecule has 0 saturated carbocycles. The molecule has 0 bridgehead atoms. The van der Waals surface area contributed by atoms with Crippen LogP contribution in [0.4, 0.5) is 0 Å². The van der Waals surface area contributed by atoms with Crippen LogP contribution in [0, 0.1) is 11.8 Å². The lowest BCUT2D eigenvalue weighted by atomic mass is 9.95. The van der Waals surface area contributed by atoms with Gasteiger partial charge in [-0.2, -0.15) is 0 Å². The zero-order valence-corrected chi connectivity index (χ0v) is 14.2. The molecule has 1 N–H and O–H groups in total. The van der Waals surface area contributed by atoms with E-state index in [1.165, 1.54) is 0 Å². The van der Waals surface area contributed by atoms with Gasteiger partial charge in [-0.15, -0.1) is 0 Å². The van der Waals surface area contributed by atoms with Crippen LogP contribution in [0.2, 0.25) is 0 Å². The number of hydrogen-bond donors (Lipinski definition) is 1. The molecule has 19 heavy (non-hydrogen) atoms. The van der Waals surface area contributed by atoms with Gasteiger partial charge < -0.3 is 10.2 Å². The summed E-state index contributed by atoms with van der Waals surface area (Å²) in [5, 5.41) is 3.24.